The highest BCUT2D eigenvalue weighted by Crippen LogP contribution is 2.35. The lowest BCUT2D eigenvalue weighted by Crippen LogP contribution is -2.62. The van der Waals surface area contributed by atoms with Gasteiger partial charge in [-0.1, -0.05) is 6.92 Å². The van der Waals surface area contributed by atoms with Crippen molar-refractivity contribution in [3.63, 3.8) is 0 Å². The summed E-state index contributed by atoms with van der Waals surface area (Å²) in [7, 11) is 0. The molecule has 13 heavy (non-hydrogen) atoms. The molecule has 1 atom stereocenters. The molecule has 0 aromatic carbocycles. The van der Waals surface area contributed by atoms with E-state index >= 15 is 0 Å². The molecule has 1 N–H and O–H groups in total. The third kappa shape index (κ3) is 1.89. The van der Waals surface area contributed by atoms with Gasteiger partial charge in [-0.3, -0.25) is 4.90 Å². The molecule has 1 aliphatic heterocycles. The fourth-order valence-corrected chi connectivity index (χ4v) is 2.41. The normalized spacial score (nSPS) is 34.8. The van der Waals surface area contributed by atoms with E-state index in [1.54, 1.807) is 0 Å². The van der Waals surface area contributed by atoms with Gasteiger partial charge in [-0.05, 0) is 39.2 Å². The number of nitrogens with zero attached hydrogens (tertiary/aromatic N) is 1. The maximum Gasteiger partial charge on any atom is 0.0278 e. The van der Waals surface area contributed by atoms with E-state index in [4.69, 9.17) is 0 Å². The molecule has 0 spiro atoms. The van der Waals surface area contributed by atoms with Crippen LogP contribution >= 0.6 is 0 Å². The highest BCUT2D eigenvalue weighted by molar-refractivity contribution is 4.97. The summed E-state index contributed by atoms with van der Waals surface area (Å²) in [5.41, 5.74) is 0.361. The SMILES string of the molecule is CCN1CC(C2CC2)NCC1(C)C. The Morgan fingerprint density at radius 3 is 2.62 bits per heavy atom. The van der Waals surface area contributed by atoms with Crippen molar-refractivity contribution in [2.24, 2.45) is 5.92 Å². The van der Waals surface area contributed by atoms with E-state index in [-0.39, 0.29) is 0 Å². The van der Waals surface area contributed by atoms with Crippen LogP contribution in [-0.4, -0.2) is 36.1 Å². The largest absolute Gasteiger partial charge is 0.311 e. The zero-order valence-electron chi connectivity index (χ0n) is 9.14. The minimum atomic E-state index is 0.361. The molecule has 2 nitrogen and oxygen atoms in total. The van der Waals surface area contributed by atoms with Gasteiger partial charge in [-0.25, -0.2) is 0 Å². The van der Waals surface area contributed by atoms with Gasteiger partial charge in [-0.2, -0.15) is 0 Å². The van der Waals surface area contributed by atoms with E-state index in [0.717, 1.165) is 18.5 Å². The van der Waals surface area contributed by atoms with Crippen LogP contribution in [0.1, 0.15) is 33.6 Å². The van der Waals surface area contributed by atoms with Gasteiger partial charge in [0.1, 0.15) is 0 Å². The molecule has 2 heteroatoms. The second-order valence-electron chi connectivity index (χ2n) is 5.18. The summed E-state index contributed by atoms with van der Waals surface area (Å²) < 4.78 is 0. The van der Waals surface area contributed by atoms with E-state index in [0.29, 0.717) is 5.54 Å². The number of piperazine rings is 1. The molecule has 1 saturated heterocycles. The summed E-state index contributed by atoms with van der Waals surface area (Å²) in [5, 5.41) is 3.69. The maximum absolute atomic E-state index is 3.69. The molecule has 0 radical (unpaired) electrons. The summed E-state index contributed by atoms with van der Waals surface area (Å²) in [6, 6.07) is 0.785. The van der Waals surface area contributed by atoms with Gasteiger partial charge >= 0.3 is 0 Å². The minimum absolute atomic E-state index is 0.361. The highest BCUT2D eigenvalue weighted by Gasteiger charge is 2.39. The smallest absolute Gasteiger partial charge is 0.0278 e. The quantitative estimate of drug-likeness (QED) is 0.695. The molecule has 1 aliphatic carbocycles. The zero-order chi connectivity index (χ0) is 9.47. The van der Waals surface area contributed by atoms with Crippen LogP contribution in [0, 0.1) is 5.92 Å². The summed E-state index contributed by atoms with van der Waals surface area (Å²) in [6.45, 7) is 10.6. The molecule has 2 fully saturated rings. The summed E-state index contributed by atoms with van der Waals surface area (Å²) in [5.74, 6) is 0.991. The summed E-state index contributed by atoms with van der Waals surface area (Å²) in [6.07, 6.45) is 2.91. The molecule has 1 saturated carbocycles. The Hall–Kier alpha value is -0.0800. The Morgan fingerprint density at radius 1 is 1.38 bits per heavy atom. The number of rotatable bonds is 2. The van der Waals surface area contributed by atoms with E-state index in [1.807, 2.05) is 0 Å². The van der Waals surface area contributed by atoms with Gasteiger partial charge in [-0.15, -0.1) is 0 Å². The van der Waals surface area contributed by atoms with Gasteiger partial charge in [0.2, 0.25) is 0 Å². The fraction of sp³-hybridized carbons (Fsp3) is 1.00. The molecule has 1 heterocycles. The number of nitrogens with one attached hydrogen (secondary N) is 1. The first-order valence-electron chi connectivity index (χ1n) is 5.62. The van der Waals surface area contributed by atoms with Crippen LogP contribution in [0.2, 0.25) is 0 Å². The van der Waals surface area contributed by atoms with Crippen LogP contribution in [0.4, 0.5) is 0 Å². The lowest BCUT2D eigenvalue weighted by atomic mass is 9.96. The Bertz CT molecular complexity index is 185. The van der Waals surface area contributed by atoms with E-state index in [2.05, 4.69) is 31.0 Å². The third-order valence-corrected chi connectivity index (χ3v) is 3.64. The van der Waals surface area contributed by atoms with Gasteiger partial charge in [0, 0.05) is 24.7 Å². The van der Waals surface area contributed by atoms with E-state index in [9.17, 15) is 0 Å². The van der Waals surface area contributed by atoms with Crippen LogP contribution in [-0.2, 0) is 0 Å². The van der Waals surface area contributed by atoms with Crippen molar-refractivity contribution in [1.82, 2.24) is 10.2 Å². The second-order valence-corrected chi connectivity index (χ2v) is 5.18. The van der Waals surface area contributed by atoms with E-state index in [1.165, 1.54) is 25.9 Å². The number of likely N-dealkylation sites (N-methyl/N-ethyl adjacent to an activating group) is 1. The molecular weight excluding hydrogens is 160 g/mol. The summed E-state index contributed by atoms with van der Waals surface area (Å²) in [4.78, 5) is 2.62. The number of hydrogen-bond donors (Lipinski definition) is 1. The Morgan fingerprint density at radius 2 is 2.08 bits per heavy atom. The molecule has 0 amide bonds. The van der Waals surface area contributed by atoms with Crippen molar-refractivity contribution in [3.05, 3.63) is 0 Å². The minimum Gasteiger partial charge on any atom is -0.311 e. The zero-order valence-corrected chi connectivity index (χ0v) is 9.14. The van der Waals surface area contributed by atoms with Crippen LogP contribution in [0.25, 0.3) is 0 Å². The Kier molecular flexibility index (Phi) is 2.37. The van der Waals surface area contributed by atoms with Crippen molar-refractivity contribution in [2.45, 2.75) is 45.2 Å². The van der Waals surface area contributed by atoms with Crippen LogP contribution in [0.15, 0.2) is 0 Å². The molecule has 2 rings (SSSR count). The third-order valence-electron chi connectivity index (χ3n) is 3.64. The van der Waals surface area contributed by atoms with Crippen molar-refractivity contribution >= 4 is 0 Å². The molecule has 0 bridgehead atoms. The molecule has 1 unspecified atom stereocenters. The number of hydrogen-bond acceptors (Lipinski definition) is 2. The molecular formula is C11H22N2. The first kappa shape index (κ1) is 9.47. The molecule has 0 aromatic rings. The first-order valence-corrected chi connectivity index (χ1v) is 5.62. The average molecular weight is 182 g/mol. The predicted octanol–water partition coefficient (Wildman–Crippen LogP) is 1.47. The molecule has 2 aliphatic rings. The Balaban J connectivity index is 1.96. The molecule has 0 aromatic heterocycles. The van der Waals surface area contributed by atoms with Crippen molar-refractivity contribution < 1.29 is 0 Å². The van der Waals surface area contributed by atoms with Crippen LogP contribution in [0.3, 0.4) is 0 Å². The lowest BCUT2D eigenvalue weighted by molar-refractivity contribution is 0.0663. The standard InChI is InChI=1S/C11H22N2/c1-4-13-7-10(9-5-6-9)12-8-11(13,2)3/h9-10,12H,4-8H2,1-3H3. The van der Waals surface area contributed by atoms with Gasteiger partial charge < -0.3 is 5.32 Å². The van der Waals surface area contributed by atoms with Crippen LogP contribution in [0.5, 0.6) is 0 Å². The highest BCUT2D eigenvalue weighted by atomic mass is 15.3. The van der Waals surface area contributed by atoms with Gasteiger partial charge in [0.05, 0.1) is 0 Å². The van der Waals surface area contributed by atoms with Gasteiger partial charge in [0.15, 0.2) is 0 Å². The van der Waals surface area contributed by atoms with Gasteiger partial charge in [0.25, 0.3) is 0 Å². The molecule has 76 valence electrons. The second kappa shape index (κ2) is 3.25. The lowest BCUT2D eigenvalue weighted by Gasteiger charge is -2.46. The topological polar surface area (TPSA) is 15.3 Å². The Labute approximate surface area is 81.7 Å². The maximum atomic E-state index is 3.69. The van der Waals surface area contributed by atoms with Crippen molar-refractivity contribution in [3.8, 4) is 0 Å². The predicted molar refractivity (Wildman–Crippen MR) is 55.8 cm³/mol. The van der Waals surface area contributed by atoms with Crippen LogP contribution < -0.4 is 5.32 Å². The fourth-order valence-electron chi connectivity index (χ4n) is 2.41. The summed E-state index contributed by atoms with van der Waals surface area (Å²) >= 11 is 0. The van der Waals surface area contributed by atoms with Crippen molar-refractivity contribution in [2.75, 3.05) is 19.6 Å². The van der Waals surface area contributed by atoms with Crippen molar-refractivity contribution in [1.29, 1.82) is 0 Å². The van der Waals surface area contributed by atoms with E-state index < -0.39 is 0 Å². The monoisotopic (exact) mass is 182 g/mol. The average Bonchev–Trinajstić information content (AvgIpc) is 2.87. The first-order chi connectivity index (χ1) is 6.13.